The van der Waals surface area contributed by atoms with E-state index in [0.717, 1.165) is 36.2 Å². The van der Waals surface area contributed by atoms with E-state index in [-0.39, 0.29) is 75.7 Å². The van der Waals surface area contributed by atoms with Crippen LogP contribution in [0.3, 0.4) is 0 Å². The summed E-state index contributed by atoms with van der Waals surface area (Å²) in [6, 6.07) is 79.7. The zero-order chi connectivity index (χ0) is 74.5. The molecule has 14 aromatic rings. The molecule has 522 valence electrons. The minimum absolute atomic E-state index is 0.00654. The first-order valence-electron chi connectivity index (χ1n) is 34.4. The third-order valence-electron chi connectivity index (χ3n) is 19.1. The lowest BCUT2D eigenvalue weighted by Gasteiger charge is -2.24. The summed E-state index contributed by atoms with van der Waals surface area (Å²) in [7, 11) is -4.38. The molecule has 0 saturated carbocycles. The van der Waals surface area contributed by atoms with Crippen molar-refractivity contribution >= 4 is 146 Å². The molecule has 108 heavy (non-hydrogen) atoms. The molecular formula is C84H56B2N8O11S3. The number of imide groups is 2. The van der Waals surface area contributed by atoms with E-state index in [1.54, 1.807) is 36.4 Å². The largest absolute Gasteiger partial charge is 0.423 e. The normalized spacial score (nSPS) is 13.2. The van der Waals surface area contributed by atoms with E-state index in [2.05, 4.69) is 19.9 Å². The summed E-state index contributed by atoms with van der Waals surface area (Å²) in [5.74, 6) is -4.49. The molecule has 0 atom stereocenters. The van der Waals surface area contributed by atoms with Gasteiger partial charge < -0.3 is 18.4 Å². The molecule has 1 N–H and O–H groups in total. The quantitative estimate of drug-likeness (QED) is 0.0186. The van der Waals surface area contributed by atoms with Crippen LogP contribution in [0.4, 0.5) is 0 Å². The molecule has 19 nitrogen and oxygen atoms in total. The van der Waals surface area contributed by atoms with Gasteiger partial charge in [0.2, 0.25) is 5.70 Å². The lowest BCUT2D eigenvalue weighted by molar-refractivity contribution is 0.0639. The van der Waals surface area contributed by atoms with Crippen LogP contribution in [0.15, 0.2) is 255 Å². The Morgan fingerprint density at radius 2 is 0.898 bits per heavy atom. The molecule has 0 aliphatic carbocycles. The number of nitrogens with zero attached hydrogens (tertiary/aromatic N) is 8. The second kappa shape index (κ2) is 28.7. The van der Waals surface area contributed by atoms with Gasteiger partial charge in [0.25, 0.3) is 33.7 Å². The number of carbonyl (C=O) groups excluding carboxylic acids is 6. The lowest BCUT2D eigenvalue weighted by Crippen LogP contribution is -2.54. The van der Waals surface area contributed by atoms with Gasteiger partial charge in [0.1, 0.15) is 33.2 Å². The molecule has 6 heterocycles. The molecule has 0 saturated heterocycles. The van der Waals surface area contributed by atoms with Crippen molar-refractivity contribution < 1.29 is 51.2 Å². The molecule has 0 fully saturated rings. The van der Waals surface area contributed by atoms with Gasteiger partial charge in [0, 0.05) is 40.6 Å². The van der Waals surface area contributed by atoms with Gasteiger partial charge >= 0.3 is 25.6 Å². The number of amides is 4. The summed E-state index contributed by atoms with van der Waals surface area (Å²) in [4.78, 5) is 100. The summed E-state index contributed by atoms with van der Waals surface area (Å²) in [5.41, 5.74) is 7.16. The van der Waals surface area contributed by atoms with E-state index in [4.69, 9.17) is 19.4 Å². The number of ether oxygens (including phenoxy) is 2. The monoisotopic (exact) mass is 1470 g/mol. The summed E-state index contributed by atoms with van der Waals surface area (Å²) in [6.07, 6.45) is 0.338. The maximum atomic E-state index is 14.5. The predicted molar refractivity (Wildman–Crippen MR) is 418 cm³/mol. The number of para-hydroxylation sites is 2. The zero-order valence-electron chi connectivity index (χ0n) is 57.3. The van der Waals surface area contributed by atoms with Gasteiger partial charge in [-0.25, -0.2) is 24.4 Å². The average molecular weight is 1470 g/mol. The number of benzene rings is 10. The van der Waals surface area contributed by atoms with Crippen LogP contribution < -0.4 is 42.0 Å². The van der Waals surface area contributed by atoms with Crippen molar-refractivity contribution in [2.24, 2.45) is 0 Å². The second-order valence-electron chi connectivity index (χ2n) is 25.8. The SMILES string of the molecule is [C-]#[N+]/C(c1nc2ccccc2s1)=c1\c2c(-c3ccc(OC(=O)c4ccc5c(c4)C(=O)N(CCC)C5=O)cc3)n(B(c3ccccc3)c3ccccc3)/c(=C(/C#N)c3nc4ccccc4s3)c2c(-c2ccc(OC(=O)c3ccc4c(c3)C(=O)N(CCCS(=O)(=O)O)C4=O)cc2)n1B(c1ccccc1)c1ccccc1. The van der Waals surface area contributed by atoms with E-state index in [9.17, 15) is 53.6 Å². The maximum absolute atomic E-state index is 14.5. The first kappa shape index (κ1) is 69.2. The third-order valence-corrected chi connectivity index (χ3v) is 22.0. The number of fused-ring (bicyclic) bond motifs is 5. The minimum Gasteiger partial charge on any atom is -0.423 e. The van der Waals surface area contributed by atoms with Gasteiger partial charge in [-0.1, -0.05) is 174 Å². The molecule has 0 bridgehead atoms. The van der Waals surface area contributed by atoms with E-state index < -0.39 is 65.1 Å². The standard InChI is InChI=1S/C84H56B2N8O11S3/c1-3-45-91-79(95)61-43-37-53(48-63(61)81(91)97)83(99)105-60-41-35-52(36-42-60)74-71-70(75(65(50-87)77-89-66-29-16-18-31-68(66)106-77)93(74)85(55-21-8-4-9-22-55)56-23-10-5-11-24-56)73(51-33-39-59(40-34-51)104-84(100)54-38-44-62-64(49-54)82(98)92(80(62)96)46-20-47-108(101,102)103)94(86(57-25-12-6-13-26-57)58-27-14-7-15-28-58)76(71)72(88-2)78-90-67-30-17-19-32-69(67)107-78/h4-19,21-44,48-49H,3,20,45-47H2,1H3,(H,101,102,103)/b75-65-,76-72+. The first-order chi connectivity index (χ1) is 52.6. The number of hydrogen-bond donors (Lipinski definition) is 1. The van der Waals surface area contributed by atoms with E-state index in [1.165, 1.54) is 64.0 Å². The van der Waals surface area contributed by atoms with Crippen LogP contribution in [-0.2, 0) is 10.1 Å². The highest BCUT2D eigenvalue weighted by molar-refractivity contribution is 7.85. The molecular weight excluding hydrogens is 1410 g/mol. The van der Waals surface area contributed by atoms with Gasteiger partial charge in [-0.15, -0.1) is 22.7 Å². The Morgan fingerprint density at radius 1 is 0.509 bits per heavy atom. The predicted octanol–water partition coefficient (Wildman–Crippen LogP) is 11.4. The lowest BCUT2D eigenvalue weighted by atomic mass is 9.50. The van der Waals surface area contributed by atoms with Gasteiger partial charge in [-0.3, -0.25) is 33.5 Å². The Balaban J connectivity index is 1.00. The Kier molecular flexibility index (Phi) is 18.4. The fourth-order valence-corrected chi connectivity index (χ4v) is 16.8. The fourth-order valence-electron chi connectivity index (χ4n) is 14.4. The molecule has 0 spiro atoms. The van der Waals surface area contributed by atoms with Crippen molar-refractivity contribution in [2.75, 3.05) is 18.8 Å². The van der Waals surface area contributed by atoms with Gasteiger partial charge in [-0.05, 0) is 133 Å². The van der Waals surface area contributed by atoms with Gasteiger partial charge in [0.05, 0.1) is 71.5 Å². The highest BCUT2D eigenvalue weighted by Crippen LogP contribution is 2.40. The number of nitriles is 1. The van der Waals surface area contributed by atoms with Crippen LogP contribution in [0.2, 0.25) is 0 Å². The Morgan fingerprint density at radius 3 is 1.31 bits per heavy atom. The summed E-state index contributed by atoms with van der Waals surface area (Å²) in [6.45, 7) is 9.98. The number of aromatic nitrogens is 4. The van der Waals surface area contributed by atoms with Crippen LogP contribution in [0, 0.1) is 17.9 Å². The molecule has 0 unspecified atom stereocenters. The Bertz CT molecular complexity index is 6020. The van der Waals surface area contributed by atoms with Crippen LogP contribution in [0.25, 0.3) is 69.8 Å². The first-order valence-corrected chi connectivity index (χ1v) is 37.7. The van der Waals surface area contributed by atoms with Crippen molar-refractivity contribution in [1.29, 1.82) is 5.26 Å². The minimum atomic E-state index is -4.38. The number of carbonyl (C=O) groups is 6. The molecule has 4 amide bonds. The Labute approximate surface area is 626 Å². The van der Waals surface area contributed by atoms with Crippen molar-refractivity contribution in [3.8, 4) is 40.1 Å². The van der Waals surface area contributed by atoms with Crippen molar-refractivity contribution in [2.45, 2.75) is 19.8 Å². The Hall–Kier alpha value is -13.2. The number of hydrogen-bond acceptors (Lipinski definition) is 15. The summed E-state index contributed by atoms with van der Waals surface area (Å²) in [5, 5.41) is 15.1. The van der Waals surface area contributed by atoms with Crippen LogP contribution >= 0.6 is 22.7 Å². The molecule has 0 radical (unpaired) electrons. The van der Waals surface area contributed by atoms with Crippen molar-refractivity contribution in [1.82, 2.24) is 28.7 Å². The second-order valence-corrected chi connectivity index (χ2v) is 29.4. The number of thiazole rings is 2. The van der Waals surface area contributed by atoms with Crippen LogP contribution in [0.1, 0.15) is 91.9 Å². The molecule has 10 aromatic carbocycles. The topological polar surface area (TPSA) is 246 Å². The molecule has 2 aliphatic rings. The van der Waals surface area contributed by atoms with Crippen molar-refractivity contribution in [3.63, 3.8) is 0 Å². The maximum Gasteiger partial charge on any atom is 0.343 e. The third kappa shape index (κ3) is 12.6. The molecule has 24 heteroatoms. The van der Waals surface area contributed by atoms with Gasteiger partial charge in [-0.2, -0.15) is 13.7 Å². The summed E-state index contributed by atoms with van der Waals surface area (Å²) >= 11 is 2.71. The van der Waals surface area contributed by atoms with Crippen LogP contribution in [-0.4, -0.2) is 110 Å². The van der Waals surface area contributed by atoms with Crippen molar-refractivity contribution in [3.05, 3.63) is 320 Å². The van der Waals surface area contributed by atoms with E-state index >= 15 is 0 Å². The highest BCUT2D eigenvalue weighted by Gasteiger charge is 2.40. The molecule has 4 aromatic heterocycles. The smallest absolute Gasteiger partial charge is 0.343 e. The molecule has 2 aliphatic heterocycles. The van der Waals surface area contributed by atoms with E-state index in [0.29, 0.717) is 71.5 Å². The average Bonchev–Trinajstić information content (AvgIpc) is 1.52. The van der Waals surface area contributed by atoms with E-state index in [1.807, 2.05) is 189 Å². The highest BCUT2D eigenvalue weighted by atomic mass is 32.2. The van der Waals surface area contributed by atoms with Crippen LogP contribution in [0.5, 0.6) is 11.5 Å². The fraction of sp³-hybridized carbons (Fsp3) is 0.0714. The summed E-state index contributed by atoms with van der Waals surface area (Å²) < 4.78 is 50.7. The zero-order valence-corrected chi connectivity index (χ0v) is 59.7. The number of esters is 2. The molecule has 16 rings (SSSR count). The number of rotatable bonds is 20. The van der Waals surface area contributed by atoms with Gasteiger partial charge in [0.15, 0.2) is 0 Å².